The van der Waals surface area contributed by atoms with E-state index in [0.717, 1.165) is 16.7 Å². The topological polar surface area (TPSA) is 72.4 Å². The molecule has 1 unspecified atom stereocenters. The van der Waals surface area contributed by atoms with Crippen molar-refractivity contribution in [3.63, 3.8) is 0 Å². The Balaban J connectivity index is 2.19. The van der Waals surface area contributed by atoms with Gasteiger partial charge in [0.15, 0.2) is 11.5 Å². The van der Waals surface area contributed by atoms with Crippen LogP contribution in [0.3, 0.4) is 0 Å². The van der Waals surface area contributed by atoms with Gasteiger partial charge in [-0.25, -0.2) is 4.98 Å². The molecule has 1 aromatic carbocycles. The Morgan fingerprint density at radius 3 is 2.89 bits per heavy atom. The zero-order valence-electron chi connectivity index (χ0n) is 10.8. The Bertz CT molecular complexity index is 575. The summed E-state index contributed by atoms with van der Waals surface area (Å²) in [4.78, 5) is 17.4. The lowest BCUT2D eigenvalue weighted by Crippen LogP contribution is -2.41. The van der Waals surface area contributed by atoms with Crippen LogP contribution < -0.4 is 5.73 Å². The standard InChI is InChI=1S/C13H17N3O2/c1-8-15-11-5-4-9(7-12(11)18-8)6-10(14)13(17)16(2)3/h4-5,7,10H,6,14H2,1-3H3. The van der Waals surface area contributed by atoms with E-state index in [0.29, 0.717) is 12.3 Å². The second-order valence-corrected chi connectivity index (χ2v) is 4.58. The molecule has 0 radical (unpaired) electrons. The molecule has 1 atom stereocenters. The number of rotatable bonds is 3. The van der Waals surface area contributed by atoms with Crippen LogP contribution in [0.2, 0.25) is 0 Å². The minimum absolute atomic E-state index is 0.0798. The van der Waals surface area contributed by atoms with Crippen LogP contribution in [0.4, 0.5) is 0 Å². The van der Waals surface area contributed by atoms with Crippen LogP contribution >= 0.6 is 0 Å². The van der Waals surface area contributed by atoms with E-state index in [4.69, 9.17) is 10.2 Å². The van der Waals surface area contributed by atoms with Crippen molar-refractivity contribution in [3.05, 3.63) is 29.7 Å². The van der Waals surface area contributed by atoms with E-state index in [1.54, 1.807) is 21.0 Å². The number of carbonyl (C=O) groups excluding carboxylic acids is 1. The van der Waals surface area contributed by atoms with Crippen molar-refractivity contribution in [2.75, 3.05) is 14.1 Å². The zero-order chi connectivity index (χ0) is 13.3. The van der Waals surface area contributed by atoms with Gasteiger partial charge in [0.05, 0.1) is 6.04 Å². The Morgan fingerprint density at radius 2 is 2.22 bits per heavy atom. The summed E-state index contributed by atoms with van der Waals surface area (Å²) in [7, 11) is 3.40. The lowest BCUT2D eigenvalue weighted by molar-refractivity contribution is -0.130. The third-order valence-electron chi connectivity index (χ3n) is 2.77. The molecule has 5 heteroatoms. The number of oxazole rings is 1. The predicted octanol–water partition coefficient (Wildman–Crippen LogP) is 1.09. The summed E-state index contributed by atoms with van der Waals surface area (Å²) >= 11 is 0. The SMILES string of the molecule is Cc1nc2ccc(CC(N)C(=O)N(C)C)cc2o1. The molecule has 1 heterocycles. The highest BCUT2D eigenvalue weighted by atomic mass is 16.3. The summed E-state index contributed by atoms with van der Waals surface area (Å²) in [5, 5.41) is 0. The second-order valence-electron chi connectivity index (χ2n) is 4.58. The largest absolute Gasteiger partial charge is 0.441 e. The van der Waals surface area contributed by atoms with E-state index < -0.39 is 6.04 Å². The van der Waals surface area contributed by atoms with Gasteiger partial charge in [-0.1, -0.05) is 6.07 Å². The molecule has 0 spiro atoms. The highest BCUT2D eigenvalue weighted by Crippen LogP contribution is 2.17. The minimum Gasteiger partial charge on any atom is -0.441 e. The molecule has 18 heavy (non-hydrogen) atoms. The molecule has 1 amide bonds. The molecular formula is C13H17N3O2. The molecule has 1 aromatic heterocycles. The number of nitrogens with zero attached hydrogens (tertiary/aromatic N) is 2. The van der Waals surface area contributed by atoms with Crippen molar-refractivity contribution >= 4 is 17.0 Å². The molecule has 0 saturated carbocycles. The molecule has 0 aliphatic rings. The summed E-state index contributed by atoms with van der Waals surface area (Å²) in [5.41, 5.74) is 8.39. The highest BCUT2D eigenvalue weighted by molar-refractivity contribution is 5.81. The van der Waals surface area contributed by atoms with Crippen LogP contribution in [0.5, 0.6) is 0 Å². The molecule has 0 aliphatic heterocycles. The minimum atomic E-state index is -0.526. The Kier molecular flexibility index (Phi) is 3.34. The summed E-state index contributed by atoms with van der Waals surface area (Å²) in [6, 6.07) is 5.17. The number of aromatic nitrogens is 1. The fourth-order valence-electron chi connectivity index (χ4n) is 1.88. The van der Waals surface area contributed by atoms with Gasteiger partial charge in [-0.05, 0) is 24.1 Å². The highest BCUT2D eigenvalue weighted by Gasteiger charge is 2.16. The van der Waals surface area contributed by atoms with Crippen molar-refractivity contribution in [3.8, 4) is 0 Å². The molecule has 96 valence electrons. The van der Waals surface area contributed by atoms with Crippen LogP contribution in [0.15, 0.2) is 22.6 Å². The van der Waals surface area contributed by atoms with E-state index in [9.17, 15) is 4.79 Å². The quantitative estimate of drug-likeness (QED) is 0.881. The van der Waals surface area contributed by atoms with Gasteiger partial charge in [-0.15, -0.1) is 0 Å². The fraction of sp³-hybridized carbons (Fsp3) is 0.385. The monoisotopic (exact) mass is 247 g/mol. The third kappa shape index (κ3) is 2.51. The molecule has 0 fully saturated rings. The van der Waals surface area contributed by atoms with E-state index in [-0.39, 0.29) is 5.91 Å². The molecule has 0 bridgehead atoms. The number of aryl methyl sites for hydroxylation is 1. The van der Waals surface area contributed by atoms with E-state index >= 15 is 0 Å². The first kappa shape index (κ1) is 12.6. The fourth-order valence-corrected chi connectivity index (χ4v) is 1.88. The van der Waals surface area contributed by atoms with Gasteiger partial charge in [-0.3, -0.25) is 4.79 Å². The maximum atomic E-state index is 11.7. The molecule has 0 saturated heterocycles. The number of benzene rings is 1. The van der Waals surface area contributed by atoms with E-state index in [1.165, 1.54) is 4.90 Å². The lowest BCUT2D eigenvalue weighted by Gasteiger charge is -2.16. The van der Waals surface area contributed by atoms with E-state index in [1.807, 2.05) is 18.2 Å². The molecule has 2 aromatic rings. The third-order valence-corrected chi connectivity index (χ3v) is 2.77. The van der Waals surface area contributed by atoms with Gasteiger partial charge in [0, 0.05) is 21.0 Å². The predicted molar refractivity (Wildman–Crippen MR) is 69.1 cm³/mol. The molecule has 0 aliphatic carbocycles. The van der Waals surface area contributed by atoms with Crippen molar-refractivity contribution in [1.82, 2.24) is 9.88 Å². The maximum Gasteiger partial charge on any atom is 0.239 e. The first-order valence-electron chi connectivity index (χ1n) is 5.80. The van der Waals surface area contributed by atoms with Gasteiger partial charge < -0.3 is 15.1 Å². The zero-order valence-corrected chi connectivity index (χ0v) is 10.8. The summed E-state index contributed by atoms with van der Waals surface area (Å²) in [6.45, 7) is 1.81. The van der Waals surface area contributed by atoms with Crippen LogP contribution in [0.25, 0.3) is 11.1 Å². The first-order valence-corrected chi connectivity index (χ1v) is 5.80. The van der Waals surface area contributed by atoms with Gasteiger partial charge >= 0.3 is 0 Å². The van der Waals surface area contributed by atoms with Crippen molar-refractivity contribution < 1.29 is 9.21 Å². The maximum absolute atomic E-state index is 11.7. The molecule has 2 N–H and O–H groups in total. The van der Waals surface area contributed by atoms with Crippen LogP contribution in [0, 0.1) is 6.92 Å². The Hall–Kier alpha value is -1.88. The number of likely N-dealkylation sites (N-methyl/N-ethyl adjacent to an activating group) is 1. The summed E-state index contributed by atoms with van der Waals surface area (Å²) in [5.74, 6) is 0.555. The van der Waals surface area contributed by atoms with Crippen molar-refractivity contribution in [1.29, 1.82) is 0 Å². The van der Waals surface area contributed by atoms with Crippen LogP contribution in [-0.4, -0.2) is 35.9 Å². The smallest absolute Gasteiger partial charge is 0.239 e. The summed E-state index contributed by atoms with van der Waals surface area (Å²) < 4.78 is 5.45. The number of carbonyl (C=O) groups is 1. The average molecular weight is 247 g/mol. The van der Waals surface area contributed by atoms with Crippen LogP contribution in [0.1, 0.15) is 11.5 Å². The average Bonchev–Trinajstić information content (AvgIpc) is 2.67. The number of hydrogen-bond donors (Lipinski definition) is 1. The van der Waals surface area contributed by atoms with Gasteiger partial charge in [0.1, 0.15) is 5.52 Å². The Labute approximate surface area is 106 Å². The van der Waals surface area contributed by atoms with Crippen LogP contribution in [-0.2, 0) is 11.2 Å². The molecule has 2 rings (SSSR count). The molecular weight excluding hydrogens is 230 g/mol. The number of nitrogens with two attached hydrogens (primary N) is 1. The second kappa shape index (κ2) is 4.78. The van der Waals surface area contributed by atoms with Crippen molar-refractivity contribution in [2.24, 2.45) is 5.73 Å². The normalized spacial score (nSPS) is 12.7. The lowest BCUT2D eigenvalue weighted by atomic mass is 10.1. The van der Waals surface area contributed by atoms with Crippen molar-refractivity contribution in [2.45, 2.75) is 19.4 Å². The van der Waals surface area contributed by atoms with Gasteiger partial charge in [0.2, 0.25) is 5.91 Å². The number of fused-ring (bicyclic) bond motifs is 1. The number of hydrogen-bond acceptors (Lipinski definition) is 4. The van der Waals surface area contributed by atoms with Gasteiger partial charge in [-0.2, -0.15) is 0 Å². The van der Waals surface area contributed by atoms with Gasteiger partial charge in [0.25, 0.3) is 0 Å². The summed E-state index contributed by atoms with van der Waals surface area (Å²) in [6.07, 6.45) is 0.493. The first-order chi connectivity index (χ1) is 8.47. The Morgan fingerprint density at radius 1 is 1.50 bits per heavy atom. The van der Waals surface area contributed by atoms with E-state index in [2.05, 4.69) is 4.98 Å². The molecule has 5 nitrogen and oxygen atoms in total. The number of amides is 1.